The largest absolute Gasteiger partial charge is 0.377 e. The summed E-state index contributed by atoms with van der Waals surface area (Å²) >= 11 is 0. The van der Waals surface area contributed by atoms with Gasteiger partial charge >= 0.3 is 0 Å². The van der Waals surface area contributed by atoms with Gasteiger partial charge in [0, 0.05) is 39.9 Å². The zero-order valence-corrected chi connectivity index (χ0v) is 10.6. The third-order valence-corrected chi connectivity index (χ3v) is 4.08. The summed E-state index contributed by atoms with van der Waals surface area (Å²) in [5.74, 6) is 0.785. The Morgan fingerprint density at radius 2 is 1.81 bits per heavy atom. The van der Waals surface area contributed by atoms with Crippen LogP contribution in [0.4, 0.5) is 0 Å². The zero-order chi connectivity index (χ0) is 11.5. The van der Waals surface area contributed by atoms with Gasteiger partial charge in [0.2, 0.25) is 0 Å². The fraction of sp³-hybridized carbons (Fsp3) is 1.00. The minimum atomic E-state index is 0.245. The quantitative estimate of drug-likeness (QED) is 0.752. The van der Waals surface area contributed by atoms with Gasteiger partial charge in [-0.05, 0) is 25.8 Å². The second kappa shape index (κ2) is 5.45. The Morgan fingerprint density at radius 3 is 2.25 bits per heavy atom. The molecule has 0 aromatic carbocycles. The zero-order valence-electron chi connectivity index (χ0n) is 10.6. The molecule has 0 bridgehead atoms. The van der Waals surface area contributed by atoms with Crippen molar-refractivity contribution in [2.45, 2.75) is 31.6 Å². The molecular formula is C12H24N2O2. The molecule has 4 unspecified atom stereocenters. The van der Waals surface area contributed by atoms with Crippen LogP contribution < -0.4 is 5.32 Å². The van der Waals surface area contributed by atoms with Gasteiger partial charge < -0.3 is 14.8 Å². The summed E-state index contributed by atoms with van der Waals surface area (Å²) in [6.45, 7) is 6.65. The van der Waals surface area contributed by atoms with Crippen molar-refractivity contribution in [1.82, 2.24) is 10.2 Å². The fourth-order valence-electron chi connectivity index (χ4n) is 2.91. The van der Waals surface area contributed by atoms with Crippen molar-refractivity contribution in [3.63, 3.8) is 0 Å². The van der Waals surface area contributed by atoms with E-state index in [1.807, 2.05) is 0 Å². The van der Waals surface area contributed by atoms with Crippen LogP contribution in [-0.2, 0) is 9.47 Å². The van der Waals surface area contributed by atoms with Gasteiger partial charge in [0.25, 0.3) is 0 Å². The standard InChI is InChI=1S/C12H24N2O2/c1-9-10(4-5-13-9)6-14-7-11(15-2)12(8-14)16-3/h9-13H,4-8H2,1-3H3. The van der Waals surface area contributed by atoms with Crippen LogP contribution in [0.1, 0.15) is 13.3 Å². The van der Waals surface area contributed by atoms with Gasteiger partial charge in [-0.2, -0.15) is 0 Å². The number of nitrogens with zero attached hydrogens (tertiary/aromatic N) is 1. The fourth-order valence-corrected chi connectivity index (χ4v) is 2.91. The monoisotopic (exact) mass is 228 g/mol. The van der Waals surface area contributed by atoms with E-state index in [9.17, 15) is 0 Å². The molecule has 4 atom stereocenters. The third kappa shape index (κ3) is 2.56. The van der Waals surface area contributed by atoms with Crippen molar-refractivity contribution in [3.8, 4) is 0 Å². The molecule has 94 valence electrons. The van der Waals surface area contributed by atoms with Crippen LogP contribution in [0, 0.1) is 5.92 Å². The molecule has 0 saturated carbocycles. The molecule has 0 aliphatic carbocycles. The molecular weight excluding hydrogens is 204 g/mol. The average Bonchev–Trinajstić information content (AvgIpc) is 2.86. The summed E-state index contributed by atoms with van der Waals surface area (Å²) < 4.78 is 10.9. The second-order valence-corrected chi connectivity index (χ2v) is 5.06. The molecule has 2 saturated heterocycles. The smallest absolute Gasteiger partial charge is 0.0971 e. The first-order valence-electron chi connectivity index (χ1n) is 6.26. The van der Waals surface area contributed by atoms with Crippen LogP contribution in [0.3, 0.4) is 0 Å². The lowest BCUT2D eigenvalue weighted by Crippen LogP contribution is -2.34. The maximum absolute atomic E-state index is 5.45. The van der Waals surface area contributed by atoms with Crippen molar-refractivity contribution < 1.29 is 9.47 Å². The van der Waals surface area contributed by atoms with Crippen LogP contribution in [0.25, 0.3) is 0 Å². The van der Waals surface area contributed by atoms with Gasteiger partial charge in [-0.1, -0.05) is 0 Å². The van der Waals surface area contributed by atoms with E-state index < -0.39 is 0 Å². The Kier molecular flexibility index (Phi) is 4.19. The molecule has 0 aromatic heterocycles. The number of hydrogen-bond donors (Lipinski definition) is 1. The molecule has 16 heavy (non-hydrogen) atoms. The number of hydrogen-bond acceptors (Lipinski definition) is 4. The molecule has 2 aliphatic heterocycles. The minimum absolute atomic E-state index is 0.245. The van der Waals surface area contributed by atoms with Gasteiger partial charge in [0.15, 0.2) is 0 Å². The van der Waals surface area contributed by atoms with Gasteiger partial charge in [-0.25, -0.2) is 0 Å². The van der Waals surface area contributed by atoms with Crippen molar-refractivity contribution >= 4 is 0 Å². The molecule has 2 aliphatic rings. The number of nitrogens with one attached hydrogen (secondary N) is 1. The SMILES string of the molecule is COC1CN(CC2CCNC2C)CC1OC. The molecule has 0 aromatic rings. The topological polar surface area (TPSA) is 33.7 Å². The molecule has 2 fully saturated rings. The maximum Gasteiger partial charge on any atom is 0.0971 e. The predicted octanol–water partition coefficient (Wildman–Crippen LogP) is 0.330. The number of ether oxygens (including phenoxy) is 2. The summed E-state index contributed by atoms with van der Waals surface area (Å²) in [5, 5.41) is 3.50. The van der Waals surface area contributed by atoms with E-state index in [0.29, 0.717) is 6.04 Å². The maximum atomic E-state index is 5.45. The van der Waals surface area contributed by atoms with Crippen LogP contribution in [0.2, 0.25) is 0 Å². The first-order chi connectivity index (χ1) is 7.74. The molecule has 2 heterocycles. The molecule has 2 rings (SSSR count). The summed E-state index contributed by atoms with van der Waals surface area (Å²) in [6, 6.07) is 0.655. The highest BCUT2D eigenvalue weighted by atomic mass is 16.5. The van der Waals surface area contributed by atoms with Crippen LogP contribution in [0.5, 0.6) is 0 Å². The minimum Gasteiger partial charge on any atom is -0.377 e. The molecule has 0 radical (unpaired) electrons. The normalized spacial score (nSPS) is 40.7. The Balaban J connectivity index is 1.83. The Hall–Kier alpha value is -0.160. The molecule has 4 heteroatoms. The summed E-state index contributed by atoms with van der Waals surface area (Å²) in [5.41, 5.74) is 0. The van der Waals surface area contributed by atoms with Crippen molar-refractivity contribution in [2.24, 2.45) is 5.92 Å². The van der Waals surface area contributed by atoms with Gasteiger partial charge in [0.05, 0.1) is 12.2 Å². The molecule has 0 amide bonds. The first-order valence-corrected chi connectivity index (χ1v) is 6.26. The highest BCUT2D eigenvalue weighted by Crippen LogP contribution is 2.21. The van der Waals surface area contributed by atoms with E-state index in [1.165, 1.54) is 19.5 Å². The number of likely N-dealkylation sites (tertiary alicyclic amines) is 1. The Labute approximate surface area is 98.3 Å². The highest BCUT2D eigenvalue weighted by molar-refractivity contribution is 4.89. The number of rotatable bonds is 4. The van der Waals surface area contributed by atoms with E-state index in [4.69, 9.17) is 9.47 Å². The lowest BCUT2D eigenvalue weighted by molar-refractivity contribution is -0.00461. The van der Waals surface area contributed by atoms with E-state index >= 15 is 0 Å². The van der Waals surface area contributed by atoms with E-state index in [1.54, 1.807) is 14.2 Å². The lowest BCUT2D eigenvalue weighted by Gasteiger charge is -2.22. The molecule has 0 spiro atoms. The average molecular weight is 228 g/mol. The van der Waals surface area contributed by atoms with Crippen molar-refractivity contribution in [1.29, 1.82) is 0 Å². The number of methoxy groups -OCH3 is 2. The van der Waals surface area contributed by atoms with Gasteiger partial charge in [-0.3, -0.25) is 4.90 Å². The lowest BCUT2D eigenvalue weighted by atomic mass is 10.0. The van der Waals surface area contributed by atoms with Gasteiger partial charge in [0.1, 0.15) is 0 Å². The van der Waals surface area contributed by atoms with E-state index in [-0.39, 0.29) is 12.2 Å². The van der Waals surface area contributed by atoms with Gasteiger partial charge in [-0.15, -0.1) is 0 Å². The third-order valence-electron chi connectivity index (χ3n) is 4.08. The summed E-state index contributed by atoms with van der Waals surface area (Å²) in [7, 11) is 3.56. The van der Waals surface area contributed by atoms with Crippen molar-refractivity contribution in [2.75, 3.05) is 40.4 Å². The summed E-state index contributed by atoms with van der Waals surface area (Å²) in [6.07, 6.45) is 1.79. The second-order valence-electron chi connectivity index (χ2n) is 5.06. The molecule has 4 nitrogen and oxygen atoms in total. The first kappa shape index (κ1) is 12.3. The molecule has 1 N–H and O–H groups in total. The predicted molar refractivity (Wildman–Crippen MR) is 63.6 cm³/mol. The van der Waals surface area contributed by atoms with Crippen LogP contribution in [-0.4, -0.2) is 63.5 Å². The van der Waals surface area contributed by atoms with Crippen LogP contribution in [0.15, 0.2) is 0 Å². The van der Waals surface area contributed by atoms with E-state index in [2.05, 4.69) is 17.1 Å². The van der Waals surface area contributed by atoms with Crippen molar-refractivity contribution in [3.05, 3.63) is 0 Å². The van der Waals surface area contributed by atoms with E-state index in [0.717, 1.165) is 19.0 Å². The Bertz CT molecular complexity index is 213. The van der Waals surface area contributed by atoms with Crippen LogP contribution >= 0.6 is 0 Å². The summed E-state index contributed by atoms with van der Waals surface area (Å²) in [4.78, 5) is 2.48. The highest BCUT2D eigenvalue weighted by Gasteiger charge is 2.35. The Morgan fingerprint density at radius 1 is 1.19 bits per heavy atom.